The minimum Gasteiger partial charge on any atom is -0.355 e. The van der Waals surface area contributed by atoms with E-state index in [1.54, 1.807) is 7.05 Å². The van der Waals surface area contributed by atoms with Crippen molar-refractivity contribution in [1.82, 2.24) is 20.4 Å². The van der Waals surface area contributed by atoms with E-state index in [0.717, 1.165) is 28.7 Å². The molecule has 0 aliphatic rings. The molecule has 0 amide bonds. The zero-order valence-electron chi connectivity index (χ0n) is 17.8. The quantitative estimate of drug-likeness (QED) is 0.433. The van der Waals surface area contributed by atoms with Gasteiger partial charge >= 0.3 is 0 Å². The van der Waals surface area contributed by atoms with E-state index in [1.165, 1.54) is 18.2 Å². The van der Waals surface area contributed by atoms with Gasteiger partial charge in [0.15, 0.2) is 15.8 Å². The van der Waals surface area contributed by atoms with Crippen LogP contribution in [0.4, 0.5) is 4.39 Å². The number of rotatable bonds is 7. The molecule has 9 heteroatoms. The molecular weight excluding hydrogens is 417 g/mol. The Kier molecular flexibility index (Phi) is 7.06. The Morgan fingerprint density at radius 2 is 1.81 bits per heavy atom. The molecule has 2 aromatic carbocycles. The fourth-order valence-electron chi connectivity index (χ4n) is 3.25. The highest BCUT2D eigenvalue weighted by atomic mass is 32.2. The van der Waals surface area contributed by atoms with Gasteiger partial charge in [0.25, 0.3) is 0 Å². The summed E-state index contributed by atoms with van der Waals surface area (Å²) in [4.78, 5) is 3.85. The number of sulfone groups is 1. The standard InChI is InChI=1S/C22H26FN5O2S/c1-16-14-17(2)28(27-16)20-10-6-4-8-18(20)15-26-22(24-3)25-12-13-31(29,30)21-11-7-5-9-19(21)23/h4-11,14H,12-13,15H2,1-3H3,(H2,24,25,26). The van der Waals surface area contributed by atoms with Crippen LogP contribution in [0.15, 0.2) is 64.5 Å². The molecule has 1 heterocycles. The van der Waals surface area contributed by atoms with Gasteiger partial charge in [0.05, 0.1) is 17.1 Å². The Labute approximate surface area is 181 Å². The number of hydrogen-bond acceptors (Lipinski definition) is 4. The van der Waals surface area contributed by atoms with Crippen molar-refractivity contribution in [2.75, 3.05) is 19.3 Å². The van der Waals surface area contributed by atoms with Crippen molar-refractivity contribution < 1.29 is 12.8 Å². The van der Waals surface area contributed by atoms with Crippen molar-refractivity contribution in [2.45, 2.75) is 25.3 Å². The highest BCUT2D eigenvalue weighted by Crippen LogP contribution is 2.17. The van der Waals surface area contributed by atoms with Gasteiger partial charge in [-0.1, -0.05) is 30.3 Å². The molecule has 0 radical (unpaired) electrons. The van der Waals surface area contributed by atoms with Crippen LogP contribution in [0, 0.1) is 19.7 Å². The van der Waals surface area contributed by atoms with Gasteiger partial charge in [0, 0.05) is 25.8 Å². The van der Waals surface area contributed by atoms with Crippen LogP contribution in [-0.4, -0.2) is 43.5 Å². The lowest BCUT2D eigenvalue weighted by Crippen LogP contribution is -2.39. The van der Waals surface area contributed by atoms with Gasteiger partial charge in [-0.05, 0) is 43.7 Å². The van der Waals surface area contributed by atoms with E-state index in [4.69, 9.17) is 0 Å². The van der Waals surface area contributed by atoms with Crippen LogP contribution in [0.25, 0.3) is 5.69 Å². The zero-order chi connectivity index (χ0) is 22.4. The number of aliphatic imine (C=N–C) groups is 1. The first kappa shape index (κ1) is 22.5. The monoisotopic (exact) mass is 443 g/mol. The third kappa shape index (κ3) is 5.49. The largest absolute Gasteiger partial charge is 0.355 e. The summed E-state index contributed by atoms with van der Waals surface area (Å²) in [5, 5.41) is 10.7. The van der Waals surface area contributed by atoms with Crippen LogP contribution in [-0.2, 0) is 16.4 Å². The average Bonchev–Trinajstić information content (AvgIpc) is 3.08. The highest BCUT2D eigenvalue weighted by Gasteiger charge is 2.18. The van der Waals surface area contributed by atoms with Crippen LogP contribution in [0.2, 0.25) is 0 Å². The molecule has 0 saturated heterocycles. The van der Waals surface area contributed by atoms with E-state index >= 15 is 0 Å². The van der Waals surface area contributed by atoms with E-state index in [2.05, 4.69) is 20.7 Å². The molecule has 164 valence electrons. The van der Waals surface area contributed by atoms with Crippen molar-refractivity contribution in [3.63, 3.8) is 0 Å². The normalized spacial score (nSPS) is 12.1. The third-order valence-corrected chi connectivity index (χ3v) is 6.48. The predicted octanol–water partition coefficient (Wildman–Crippen LogP) is 2.77. The molecular formula is C22H26FN5O2S. The van der Waals surface area contributed by atoms with Gasteiger partial charge in [-0.3, -0.25) is 4.99 Å². The average molecular weight is 444 g/mol. The first-order valence-corrected chi connectivity index (χ1v) is 11.5. The summed E-state index contributed by atoms with van der Waals surface area (Å²) < 4.78 is 40.5. The third-order valence-electron chi connectivity index (χ3n) is 4.73. The number of hydrogen-bond donors (Lipinski definition) is 2. The summed E-state index contributed by atoms with van der Waals surface area (Å²) in [6.07, 6.45) is 0. The summed E-state index contributed by atoms with van der Waals surface area (Å²) in [5.74, 6) is -0.547. The van der Waals surface area contributed by atoms with Crippen LogP contribution >= 0.6 is 0 Å². The lowest BCUT2D eigenvalue weighted by atomic mass is 10.1. The molecule has 1 aromatic heterocycles. The first-order valence-electron chi connectivity index (χ1n) is 9.85. The van der Waals surface area contributed by atoms with Crippen molar-refractivity contribution in [3.05, 3.63) is 77.4 Å². The van der Waals surface area contributed by atoms with Crippen LogP contribution < -0.4 is 10.6 Å². The SMILES string of the molecule is CN=C(NCCS(=O)(=O)c1ccccc1F)NCc1ccccc1-n1nc(C)cc1C. The maximum atomic E-state index is 13.8. The summed E-state index contributed by atoms with van der Waals surface area (Å²) in [6, 6.07) is 15.3. The number of para-hydroxylation sites is 1. The van der Waals surface area contributed by atoms with Crippen molar-refractivity contribution in [2.24, 2.45) is 4.99 Å². The van der Waals surface area contributed by atoms with Gasteiger partial charge in [0.2, 0.25) is 0 Å². The molecule has 0 spiro atoms. The molecule has 0 aliphatic carbocycles. The second kappa shape index (κ2) is 9.74. The number of halogens is 1. The maximum absolute atomic E-state index is 13.8. The number of nitrogens with zero attached hydrogens (tertiary/aromatic N) is 3. The molecule has 3 aromatic rings. The van der Waals surface area contributed by atoms with Gasteiger partial charge in [0.1, 0.15) is 10.7 Å². The zero-order valence-corrected chi connectivity index (χ0v) is 18.6. The van der Waals surface area contributed by atoms with Gasteiger partial charge in [-0.25, -0.2) is 17.5 Å². The summed E-state index contributed by atoms with van der Waals surface area (Å²) in [5.41, 5.74) is 3.94. The topological polar surface area (TPSA) is 88.4 Å². The van der Waals surface area contributed by atoms with E-state index in [9.17, 15) is 12.8 Å². The summed E-state index contributed by atoms with van der Waals surface area (Å²) in [6.45, 7) is 4.51. The Balaban J connectivity index is 1.62. The number of aromatic nitrogens is 2. The van der Waals surface area contributed by atoms with Gasteiger partial charge in [-0.2, -0.15) is 5.10 Å². The molecule has 31 heavy (non-hydrogen) atoms. The van der Waals surface area contributed by atoms with E-state index in [1.807, 2.05) is 48.9 Å². The number of aryl methyl sites for hydroxylation is 2. The molecule has 0 saturated carbocycles. The summed E-state index contributed by atoms with van der Waals surface area (Å²) in [7, 11) is -2.13. The highest BCUT2D eigenvalue weighted by molar-refractivity contribution is 7.91. The second-order valence-corrected chi connectivity index (χ2v) is 9.15. The number of benzene rings is 2. The summed E-state index contributed by atoms with van der Waals surface area (Å²) >= 11 is 0. The minimum absolute atomic E-state index is 0.0927. The second-order valence-electron chi connectivity index (χ2n) is 7.07. The lowest BCUT2D eigenvalue weighted by molar-refractivity contribution is 0.566. The Morgan fingerprint density at radius 1 is 1.10 bits per heavy atom. The molecule has 0 aliphatic heterocycles. The molecule has 2 N–H and O–H groups in total. The Bertz CT molecular complexity index is 1190. The van der Waals surface area contributed by atoms with Crippen LogP contribution in [0.5, 0.6) is 0 Å². The number of nitrogens with one attached hydrogen (secondary N) is 2. The van der Waals surface area contributed by atoms with E-state index in [0.29, 0.717) is 12.5 Å². The predicted molar refractivity (Wildman–Crippen MR) is 120 cm³/mol. The Morgan fingerprint density at radius 3 is 2.48 bits per heavy atom. The molecule has 0 unspecified atom stereocenters. The molecule has 0 fully saturated rings. The van der Waals surface area contributed by atoms with Gasteiger partial charge < -0.3 is 10.6 Å². The van der Waals surface area contributed by atoms with Crippen molar-refractivity contribution in [1.29, 1.82) is 0 Å². The van der Waals surface area contributed by atoms with Gasteiger partial charge in [-0.15, -0.1) is 0 Å². The van der Waals surface area contributed by atoms with E-state index < -0.39 is 15.7 Å². The lowest BCUT2D eigenvalue weighted by Gasteiger charge is -2.15. The maximum Gasteiger partial charge on any atom is 0.191 e. The first-order chi connectivity index (χ1) is 14.8. The minimum atomic E-state index is -3.74. The van der Waals surface area contributed by atoms with Crippen LogP contribution in [0.3, 0.4) is 0 Å². The molecule has 7 nitrogen and oxygen atoms in total. The van der Waals surface area contributed by atoms with Crippen LogP contribution in [0.1, 0.15) is 17.0 Å². The number of guanidine groups is 1. The fraction of sp³-hybridized carbons (Fsp3) is 0.273. The van der Waals surface area contributed by atoms with E-state index in [-0.39, 0.29) is 17.2 Å². The molecule has 0 bridgehead atoms. The molecule has 3 rings (SSSR count). The fourth-order valence-corrected chi connectivity index (χ4v) is 4.49. The van der Waals surface area contributed by atoms with Crippen molar-refractivity contribution in [3.8, 4) is 5.69 Å². The van der Waals surface area contributed by atoms with Crippen molar-refractivity contribution >= 4 is 15.8 Å². The Hall–Kier alpha value is -3.20. The smallest absolute Gasteiger partial charge is 0.191 e. The molecule has 0 atom stereocenters.